The van der Waals surface area contributed by atoms with Crippen LogP contribution in [0.15, 0.2) is 12.3 Å². The first-order chi connectivity index (χ1) is 5.77. The molecule has 1 rings (SSSR count). The van der Waals surface area contributed by atoms with Gasteiger partial charge in [0.25, 0.3) is 0 Å². The molecule has 0 spiro atoms. The third-order valence-electron chi connectivity index (χ3n) is 2.55. The minimum atomic E-state index is 0.585. The Bertz CT molecular complexity index is 159. The van der Waals surface area contributed by atoms with E-state index < -0.39 is 0 Å². The van der Waals surface area contributed by atoms with E-state index in [1.807, 2.05) is 0 Å². The quantitative estimate of drug-likeness (QED) is 0.625. The summed E-state index contributed by atoms with van der Waals surface area (Å²) in [5, 5.41) is 8.59. The zero-order valence-electron chi connectivity index (χ0n) is 7.71. The van der Waals surface area contributed by atoms with Crippen LogP contribution in [-0.2, 0) is 0 Å². The first kappa shape index (κ1) is 9.55. The number of nitrogens with zero attached hydrogens (tertiary/aromatic N) is 1. The van der Waals surface area contributed by atoms with E-state index in [2.05, 4.69) is 23.9 Å². The highest BCUT2D eigenvalue weighted by Crippen LogP contribution is 2.21. The summed E-state index contributed by atoms with van der Waals surface area (Å²) in [5.74, 6) is 0. The number of likely N-dealkylation sites (tertiary alicyclic amines) is 1. The zero-order valence-corrected chi connectivity index (χ0v) is 7.71. The van der Waals surface area contributed by atoms with Crippen molar-refractivity contribution >= 4 is 0 Å². The average molecular weight is 170 g/mol. The normalized spacial score (nSPS) is 24.3. The Morgan fingerprint density at radius 1 is 1.75 bits per heavy atom. The van der Waals surface area contributed by atoms with Crippen LogP contribution in [-0.4, -0.2) is 29.2 Å². The van der Waals surface area contributed by atoms with E-state index in [1.165, 1.54) is 19.4 Å². The molecule has 1 heterocycles. The molecule has 1 atom stereocenters. The molecule has 2 N–H and O–H groups in total. The molecule has 0 radical (unpaired) electrons. The van der Waals surface area contributed by atoms with Crippen LogP contribution in [0.4, 0.5) is 0 Å². The van der Waals surface area contributed by atoms with Crippen LogP contribution < -0.4 is 5.48 Å². The molecule has 0 amide bonds. The molecular formula is C9H18N2O. The highest BCUT2D eigenvalue weighted by atomic mass is 16.5. The lowest BCUT2D eigenvalue weighted by atomic mass is 10.1. The van der Waals surface area contributed by atoms with Gasteiger partial charge in [-0.05, 0) is 25.9 Å². The number of nitrogens with one attached hydrogen (secondary N) is 1. The zero-order chi connectivity index (χ0) is 8.97. The van der Waals surface area contributed by atoms with Crippen molar-refractivity contribution in [2.75, 3.05) is 13.1 Å². The van der Waals surface area contributed by atoms with E-state index >= 15 is 0 Å². The van der Waals surface area contributed by atoms with E-state index in [0.717, 1.165) is 18.7 Å². The van der Waals surface area contributed by atoms with Gasteiger partial charge in [-0.3, -0.25) is 10.7 Å². The second-order valence-corrected chi connectivity index (χ2v) is 3.34. The third kappa shape index (κ3) is 2.22. The van der Waals surface area contributed by atoms with Gasteiger partial charge in [0.15, 0.2) is 0 Å². The molecule has 1 saturated heterocycles. The number of hydroxylamine groups is 1. The van der Waals surface area contributed by atoms with Crippen molar-refractivity contribution in [3.8, 4) is 0 Å². The maximum atomic E-state index is 8.59. The van der Waals surface area contributed by atoms with Gasteiger partial charge >= 0.3 is 0 Å². The highest BCUT2D eigenvalue weighted by molar-refractivity contribution is 4.94. The molecule has 0 aromatic carbocycles. The summed E-state index contributed by atoms with van der Waals surface area (Å²) in [4.78, 5) is 2.43. The molecule has 3 nitrogen and oxygen atoms in total. The maximum absolute atomic E-state index is 8.59. The van der Waals surface area contributed by atoms with Crippen LogP contribution >= 0.6 is 0 Å². The van der Waals surface area contributed by atoms with Gasteiger partial charge in [0.2, 0.25) is 0 Å². The second kappa shape index (κ2) is 4.48. The minimum absolute atomic E-state index is 0.585. The molecular weight excluding hydrogens is 152 g/mol. The Kier molecular flexibility index (Phi) is 3.56. The van der Waals surface area contributed by atoms with Gasteiger partial charge in [-0.2, -0.15) is 0 Å². The van der Waals surface area contributed by atoms with Gasteiger partial charge in [-0.1, -0.05) is 13.5 Å². The lowest BCUT2D eigenvalue weighted by Crippen LogP contribution is -2.30. The fourth-order valence-corrected chi connectivity index (χ4v) is 1.87. The van der Waals surface area contributed by atoms with Crippen LogP contribution in [0, 0.1) is 0 Å². The SMILES string of the molecule is C=C(CC1CCCN1CC)NO. The lowest BCUT2D eigenvalue weighted by molar-refractivity contribution is 0.183. The smallest absolute Gasteiger partial charge is 0.0320 e. The van der Waals surface area contributed by atoms with Crippen molar-refractivity contribution in [1.29, 1.82) is 0 Å². The van der Waals surface area contributed by atoms with Crippen molar-refractivity contribution < 1.29 is 5.21 Å². The summed E-state index contributed by atoms with van der Waals surface area (Å²) >= 11 is 0. The summed E-state index contributed by atoms with van der Waals surface area (Å²) in [7, 11) is 0. The molecule has 1 aliphatic rings. The summed E-state index contributed by atoms with van der Waals surface area (Å²) < 4.78 is 0. The number of rotatable bonds is 4. The molecule has 3 heteroatoms. The molecule has 0 bridgehead atoms. The van der Waals surface area contributed by atoms with E-state index in [1.54, 1.807) is 0 Å². The molecule has 0 aromatic heterocycles. The summed E-state index contributed by atoms with van der Waals surface area (Å²) in [6, 6.07) is 0.585. The Hall–Kier alpha value is -0.540. The maximum Gasteiger partial charge on any atom is 0.0320 e. The number of hydrogen-bond acceptors (Lipinski definition) is 3. The van der Waals surface area contributed by atoms with Crippen molar-refractivity contribution in [3.05, 3.63) is 12.3 Å². The highest BCUT2D eigenvalue weighted by Gasteiger charge is 2.22. The third-order valence-corrected chi connectivity index (χ3v) is 2.55. The van der Waals surface area contributed by atoms with Crippen molar-refractivity contribution in [3.63, 3.8) is 0 Å². The second-order valence-electron chi connectivity index (χ2n) is 3.34. The van der Waals surface area contributed by atoms with E-state index in [-0.39, 0.29) is 0 Å². The molecule has 1 fully saturated rings. The Labute approximate surface area is 74.0 Å². The van der Waals surface area contributed by atoms with Crippen molar-refractivity contribution in [2.24, 2.45) is 0 Å². The molecule has 0 aromatic rings. The Balaban J connectivity index is 2.35. The van der Waals surface area contributed by atoms with Gasteiger partial charge < -0.3 is 4.90 Å². The predicted molar refractivity (Wildman–Crippen MR) is 48.9 cm³/mol. The standard InChI is InChI=1S/C9H18N2O/c1-3-11-6-4-5-9(11)7-8(2)10-12/h9-10,12H,2-7H2,1H3. The summed E-state index contributed by atoms with van der Waals surface area (Å²) in [6.45, 7) is 8.19. The first-order valence-corrected chi connectivity index (χ1v) is 4.59. The van der Waals surface area contributed by atoms with Gasteiger partial charge in [0.05, 0.1) is 0 Å². The molecule has 1 aliphatic heterocycles. The van der Waals surface area contributed by atoms with Gasteiger partial charge in [-0.25, -0.2) is 0 Å². The first-order valence-electron chi connectivity index (χ1n) is 4.59. The molecule has 12 heavy (non-hydrogen) atoms. The van der Waals surface area contributed by atoms with Crippen LogP contribution in [0.5, 0.6) is 0 Å². The molecule has 70 valence electrons. The van der Waals surface area contributed by atoms with Crippen LogP contribution in [0.3, 0.4) is 0 Å². The summed E-state index contributed by atoms with van der Waals surface area (Å²) in [5.41, 5.74) is 2.84. The monoisotopic (exact) mass is 170 g/mol. The van der Waals surface area contributed by atoms with Gasteiger partial charge in [0.1, 0.15) is 0 Å². The number of hydrogen-bond donors (Lipinski definition) is 2. The fourth-order valence-electron chi connectivity index (χ4n) is 1.87. The van der Waals surface area contributed by atoms with Crippen LogP contribution in [0.2, 0.25) is 0 Å². The van der Waals surface area contributed by atoms with Gasteiger partial charge in [0, 0.05) is 18.2 Å². The Morgan fingerprint density at radius 3 is 3.08 bits per heavy atom. The minimum Gasteiger partial charge on any atom is -0.300 e. The topological polar surface area (TPSA) is 35.5 Å². The largest absolute Gasteiger partial charge is 0.300 e. The molecule has 0 saturated carbocycles. The van der Waals surface area contributed by atoms with E-state index in [0.29, 0.717) is 6.04 Å². The van der Waals surface area contributed by atoms with Gasteiger partial charge in [-0.15, -0.1) is 0 Å². The fraction of sp³-hybridized carbons (Fsp3) is 0.778. The van der Waals surface area contributed by atoms with E-state index in [4.69, 9.17) is 5.21 Å². The van der Waals surface area contributed by atoms with Crippen LogP contribution in [0.25, 0.3) is 0 Å². The van der Waals surface area contributed by atoms with Crippen molar-refractivity contribution in [1.82, 2.24) is 10.4 Å². The predicted octanol–water partition coefficient (Wildman–Crippen LogP) is 1.35. The summed E-state index contributed by atoms with van der Waals surface area (Å²) in [6.07, 6.45) is 3.37. The lowest BCUT2D eigenvalue weighted by Gasteiger charge is -2.22. The van der Waals surface area contributed by atoms with E-state index in [9.17, 15) is 0 Å². The molecule has 0 aliphatic carbocycles. The Morgan fingerprint density at radius 2 is 2.50 bits per heavy atom. The average Bonchev–Trinajstić information content (AvgIpc) is 2.51. The van der Waals surface area contributed by atoms with Crippen molar-refractivity contribution in [2.45, 2.75) is 32.2 Å². The van der Waals surface area contributed by atoms with Crippen LogP contribution in [0.1, 0.15) is 26.2 Å². The molecule has 1 unspecified atom stereocenters.